The van der Waals surface area contributed by atoms with E-state index in [-0.39, 0.29) is 17.3 Å². The molecule has 2 aromatic carbocycles. The lowest BCUT2D eigenvalue weighted by atomic mass is 9.89. The highest BCUT2D eigenvalue weighted by atomic mass is 35.5. The van der Waals surface area contributed by atoms with E-state index >= 15 is 0 Å². The number of ether oxygens (including phenoxy) is 1. The van der Waals surface area contributed by atoms with Crippen LogP contribution < -0.4 is 14.4 Å². The van der Waals surface area contributed by atoms with E-state index in [2.05, 4.69) is 5.32 Å². The number of sulfonamides is 1. The summed E-state index contributed by atoms with van der Waals surface area (Å²) < 4.78 is 34.0. The fraction of sp³-hybridized carbons (Fsp3) is 0.435. The van der Waals surface area contributed by atoms with Crippen molar-refractivity contribution in [2.45, 2.75) is 50.0 Å². The minimum Gasteiger partial charge on any atom is -0.476 e. The number of fused-ring (bicyclic) bond motifs is 1. The molecule has 1 atom stereocenters. The monoisotopic (exact) mass is 462 g/mol. The summed E-state index contributed by atoms with van der Waals surface area (Å²) >= 11 is 6.14. The highest BCUT2D eigenvalue weighted by Crippen LogP contribution is 2.39. The highest BCUT2D eigenvalue weighted by Gasteiger charge is 2.37. The van der Waals surface area contributed by atoms with E-state index in [0.29, 0.717) is 28.9 Å². The van der Waals surface area contributed by atoms with E-state index < -0.39 is 16.1 Å². The van der Waals surface area contributed by atoms with Crippen LogP contribution >= 0.6 is 11.6 Å². The summed E-state index contributed by atoms with van der Waals surface area (Å²) in [4.78, 5) is 13.0. The van der Waals surface area contributed by atoms with E-state index in [4.69, 9.17) is 16.3 Å². The molecule has 1 amide bonds. The van der Waals surface area contributed by atoms with Gasteiger partial charge in [-0.2, -0.15) is 0 Å². The van der Waals surface area contributed by atoms with Gasteiger partial charge in [0.2, 0.25) is 0 Å². The van der Waals surface area contributed by atoms with Gasteiger partial charge in [-0.3, -0.25) is 9.10 Å². The summed E-state index contributed by atoms with van der Waals surface area (Å²) in [6.45, 7) is 2.38. The number of nitrogens with zero attached hydrogens (tertiary/aromatic N) is 1. The molecule has 2 aliphatic rings. The fourth-order valence-corrected chi connectivity index (χ4v) is 5.81. The molecule has 31 heavy (non-hydrogen) atoms. The molecule has 1 saturated carbocycles. The molecule has 0 saturated heterocycles. The Labute approximate surface area is 188 Å². The normalized spacial score (nSPS) is 19.4. The van der Waals surface area contributed by atoms with Crippen LogP contribution in [0.15, 0.2) is 47.4 Å². The molecule has 4 rings (SSSR count). The van der Waals surface area contributed by atoms with E-state index in [0.717, 1.165) is 18.4 Å². The van der Waals surface area contributed by atoms with Gasteiger partial charge in [0.05, 0.1) is 17.1 Å². The quantitative estimate of drug-likeness (QED) is 0.718. The van der Waals surface area contributed by atoms with Gasteiger partial charge in [-0.15, -0.1) is 0 Å². The van der Waals surface area contributed by atoms with Crippen LogP contribution in [0, 0.1) is 12.8 Å². The molecule has 8 heteroatoms. The molecule has 1 heterocycles. The zero-order valence-electron chi connectivity index (χ0n) is 17.5. The van der Waals surface area contributed by atoms with Crippen LogP contribution in [0.5, 0.6) is 5.75 Å². The first-order valence-corrected chi connectivity index (χ1v) is 12.5. The molecule has 0 unspecified atom stereocenters. The predicted molar refractivity (Wildman–Crippen MR) is 121 cm³/mol. The van der Waals surface area contributed by atoms with Crippen molar-refractivity contribution in [1.82, 2.24) is 5.32 Å². The van der Waals surface area contributed by atoms with Crippen molar-refractivity contribution in [1.29, 1.82) is 0 Å². The lowest BCUT2D eigenvalue weighted by molar-refractivity contribution is -0.128. The highest BCUT2D eigenvalue weighted by molar-refractivity contribution is 7.92. The van der Waals surface area contributed by atoms with Gasteiger partial charge in [-0.1, -0.05) is 48.6 Å². The van der Waals surface area contributed by atoms with Crippen molar-refractivity contribution in [3.8, 4) is 5.75 Å². The largest absolute Gasteiger partial charge is 0.476 e. The van der Waals surface area contributed by atoms with Gasteiger partial charge in [0, 0.05) is 11.6 Å². The van der Waals surface area contributed by atoms with Gasteiger partial charge in [0.1, 0.15) is 5.75 Å². The zero-order chi connectivity index (χ0) is 22.0. The summed E-state index contributed by atoms with van der Waals surface area (Å²) in [5, 5.41) is 3.37. The maximum atomic E-state index is 13.4. The Bertz CT molecular complexity index is 1050. The van der Waals surface area contributed by atoms with Crippen molar-refractivity contribution >= 4 is 33.2 Å². The number of rotatable bonds is 5. The first kappa shape index (κ1) is 22.0. The first-order valence-electron chi connectivity index (χ1n) is 10.7. The molecule has 1 aliphatic heterocycles. The molecular weight excluding hydrogens is 436 g/mol. The molecule has 1 aliphatic carbocycles. The van der Waals surface area contributed by atoms with Gasteiger partial charge >= 0.3 is 0 Å². The molecule has 1 fully saturated rings. The third kappa shape index (κ3) is 4.83. The second kappa shape index (κ2) is 9.09. The average molecular weight is 463 g/mol. The first-order chi connectivity index (χ1) is 14.8. The number of halogens is 1. The van der Waals surface area contributed by atoms with Crippen LogP contribution in [0.2, 0.25) is 5.02 Å². The number of nitrogens with one attached hydrogen (secondary N) is 1. The van der Waals surface area contributed by atoms with Gasteiger partial charge in [-0.05, 0) is 56.0 Å². The standard InChI is InChI=1S/C23H27ClN2O4S/c1-16-7-10-19(11-8-16)31(28,29)26-15-22(30-21-12-9-18(24)13-20(21)26)23(27)25-14-17-5-3-2-4-6-17/h7-13,17,22H,2-6,14-15H2,1H3,(H,25,27)/t22-/m1/s1. The van der Waals surface area contributed by atoms with Crippen LogP contribution in [-0.4, -0.2) is 33.5 Å². The molecule has 0 aromatic heterocycles. The Hall–Kier alpha value is -2.25. The van der Waals surface area contributed by atoms with Crippen molar-refractivity contribution in [2.24, 2.45) is 5.92 Å². The molecule has 1 N–H and O–H groups in total. The van der Waals surface area contributed by atoms with E-state index in [1.165, 1.54) is 23.6 Å². The van der Waals surface area contributed by atoms with Crippen LogP contribution in [0.25, 0.3) is 0 Å². The maximum absolute atomic E-state index is 13.4. The van der Waals surface area contributed by atoms with Crippen LogP contribution in [0.1, 0.15) is 37.7 Å². The number of hydrogen-bond donors (Lipinski definition) is 1. The molecular formula is C23H27ClN2O4S. The van der Waals surface area contributed by atoms with Crippen LogP contribution in [0.4, 0.5) is 5.69 Å². The minimum absolute atomic E-state index is 0.111. The summed E-state index contributed by atoms with van der Waals surface area (Å²) in [6.07, 6.45) is 4.93. The summed E-state index contributed by atoms with van der Waals surface area (Å²) in [5.74, 6) is 0.499. The topological polar surface area (TPSA) is 75.7 Å². The molecule has 166 valence electrons. The Morgan fingerprint density at radius 1 is 1.13 bits per heavy atom. The number of carbonyl (C=O) groups excluding carboxylic acids is 1. The van der Waals surface area contributed by atoms with E-state index in [9.17, 15) is 13.2 Å². The maximum Gasteiger partial charge on any atom is 0.264 e. The minimum atomic E-state index is -3.90. The molecule has 0 spiro atoms. The Morgan fingerprint density at radius 3 is 2.55 bits per heavy atom. The van der Waals surface area contributed by atoms with Gasteiger partial charge in [0.15, 0.2) is 6.10 Å². The Balaban J connectivity index is 1.59. The Morgan fingerprint density at radius 2 is 1.84 bits per heavy atom. The van der Waals surface area contributed by atoms with Crippen molar-refractivity contribution in [3.05, 3.63) is 53.1 Å². The number of anilines is 1. The SMILES string of the molecule is Cc1ccc(S(=O)(=O)N2C[C@H](C(=O)NCC3CCCCC3)Oc3ccc(Cl)cc32)cc1. The fourth-order valence-electron chi connectivity index (χ4n) is 4.18. The smallest absolute Gasteiger partial charge is 0.264 e. The third-order valence-electron chi connectivity index (χ3n) is 5.98. The molecule has 0 radical (unpaired) electrons. The van der Waals surface area contributed by atoms with Crippen molar-refractivity contribution < 1.29 is 17.9 Å². The average Bonchev–Trinajstić information content (AvgIpc) is 2.77. The van der Waals surface area contributed by atoms with Crippen LogP contribution in [0.3, 0.4) is 0 Å². The number of benzene rings is 2. The van der Waals surface area contributed by atoms with Gasteiger partial charge in [-0.25, -0.2) is 8.42 Å². The summed E-state index contributed by atoms with van der Waals surface area (Å²) in [7, 11) is -3.90. The van der Waals surface area contributed by atoms with E-state index in [1.807, 2.05) is 6.92 Å². The van der Waals surface area contributed by atoms with Crippen LogP contribution in [-0.2, 0) is 14.8 Å². The number of carbonyl (C=O) groups is 1. The zero-order valence-corrected chi connectivity index (χ0v) is 19.1. The summed E-state index contributed by atoms with van der Waals surface area (Å²) in [6, 6.07) is 11.4. The van der Waals surface area contributed by atoms with Crippen molar-refractivity contribution in [3.63, 3.8) is 0 Å². The third-order valence-corrected chi connectivity index (χ3v) is 8.01. The molecule has 0 bridgehead atoms. The van der Waals surface area contributed by atoms with E-state index in [1.54, 1.807) is 42.5 Å². The second-order valence-corrected chi connectivity index (χ2v) is 10.6. The van der Waals surface area contributed by atoms with Crippen molar-refractivity contribution in [2.75, 3.05) is 17.4 Å². The predicted octanol–water partition coefficient (Wildman–Crippen LogP) is 4.30. The number of aryl methyl sites for hydroxylation is 1. The lowest BCUT2D eigenvalue weighted by Gasteiger charge is -2.35. The lowest BCUT2D eigenvalue weighted by Crippen LogP contribution is -2.51. The summed E-state index contributed by atoms with van der Waals surface area (Å²) in [5.41, 5.74) is 1.30. The van der Waals surface area contributed by atoms with Gasteiger partial charge in [0.25, 0.3) is 15.9 Å². The van der Waals surface area contributed by atoms with Gasteiger partial charge < -0.3 is 10.1 Å². The number of hydrogen-bond acceptors (Lipinski definition) is 4. The molecule has 2 aromatic rings. The Kier molecular flexibility index (Phi) is 6.44. The second-order valence-electron chi connectivity index (χ2n) is 8.32. The molecule has 6 nitrogen and oxygen atoms in total. The number of amides is 1.